The molecule has 0 N–H and O–H groups in total. The SMILES string of the molecule is CC1(C)C=CCC(C)(C)N1CCON=C(c1ccc(=O)n(-c2c(Cl)cccc2Cl)c1)c1ccc(F)cc1F. The van der Waals surface area contributed by atoms with Crippen molar-refractivity contribution in [1.82, 2.24) is 9.47 Å². The topological polar surface area (TPSA) is 46.8 Å². The van der Waals surface area contributed by atoms with Crippen molar-refractivity contribution in [2.45, 2.75) is 45.2 Å². The Labute approximate surface area is 230 Å². The summed E-state index contributed by atoms with van der Waals surface area (Å²) in [7, 11) is 0. The maximum Gasteiger partial charge on any atom is 0.255 e. The second-order valence-corrected chi connectivity index (χ2v) is 11.1. The van der Waals surface area contributed by atoms with Crippen molar-refractivity contribution >= 4 is 28.9 Å². The number of oxime groups is 1. The highest BCUT2D eigenvalue weighted by atomic mass is 35.5. The fraction of sp³-hybridized carbons (Fsp3) is 0.310. The van der Waals surface area contributed by atoms with Gasteiger partial charge in [0.15, 0.2) is 0 Å². The van der Waals surface area contributed by atoms with E-state index >= 15 is 0 Å². The number of benzene rings is 2. The van der Waals surface area contributed by atoms with Gasteiger partial charge in [0.1, 0.15) is 24.0 Å². The van der Waals surface area contributed by atoms with Gasteiger partial charge in [0.25, 0.3) is 5.56 Å². The highest BCUT2D eigenvalue weighted by Crippen LogP contribution is 2.33. The van der Waals surface area contributed by atoms with Gasteiger partial charge in [-0.1, -0.05) is 46.6 Å². The molecule has 0 saturated heterocycles. The molecule has 0 saturated carbocycles. The van der Waals surface area contributed by atoms with Gasteiger partial charge in [0.2, 0.25) is 0 Å². The molecule has 2 heterocycles. The summed E-state index contributed by atoms with van der Waals surface area (Å²) in [5.41, 5.74) is 0.0923. The summed E-state index contributed by atoms with van der Waals surface area (Å²) in [6.07, 6.45) is 6.72. The lowest BCUT2D eigenvalue weighted by molar-refractivity contribution is 0.00462. The minimum absolute atomic E-state index is 0.0171. The molecule has 38 heavy (non-hydrogen) atoms. The number of aromatic nitrogens is 1. The molecule has 0 spiro atoms. The molecule has 1 aliphatic rings. The van der Waals surface area contributed by atoms with Crippen LogP contribution in [0.2, 0.25) is 10.0 Å². The molecule has 4 rings (SSSR count). The van der Waals surface area contributed by atoms with Crippen molar-refractivity contribution in [2.24, 2.45) is 5.16 Å². The number of para-hydroxylation sites is 1. The van der Waals surface area contributed by atoms with Crippen LogP contribution in [0, 0.1) is 11.6 Å². The molecule has 0 fully saturated rings. The third-order valence-electron chi connectivity index (χ3n) is 6.68. The Kier molecular flexibility index (Phi) is 8.12. The van der Waals surface area contributed by atoms with Crippen LogP contribution in [0.25, 0.3) is 5.69 Å². The van der Waals surface area contributed by atoms with Crippen molar-refractivity contribution in [3.8, 4) is 5.69 Å². The first kappa shape index (κ1) is 28.0. The zero-order chi connectivity index (χ0) is 27.7. The Morgan fingerprint density at radius 3 is 2.42 bits per heavy atom. The van der Waals surface area contributed by atoms with Crippen LogP contribution in [0.1, 0.15) is 45.2 Å². The molecule has 0 radical (unpaired) electrons. The van der Waals surface area contributed by atoms with E-state index in [-0.39, 0.29) is 44.7 Å². The number of nitrogens with zero attached hydrogens (tertiary/aromatic N) is 3. The van der Waals surface area contributed by atoms with Crippen molar-refractivity contribution in [1.29, 1.82) is 0 Å². The van der Waals surface area contributed by atoms with Crippen LogP contribution >= 0.6 is 23.2 Å². The first-order valence-corrected chi connectivity index (χ1v) is 12.9. The Bertz CT molecular complexity index is 1440. The monoisotopic (exact) mass is 559 g/mol. The molecule has 5 nitrogen and oxygen atoms in total. The lowest BCUT2D eigenvalue weighted by Crippen LogP contribution is -2.57. The molecule has 0 atom stereocenters. The van der Waals surface area contributed by atoms with E-state index < -0.39 is 17.2 Å². The minimum atomic E-state index is -0.815. The van der Waals surface area contributed by atoms with Crippen molar-refractivity contribution < 1.29 is 13.6 Å². The maximum atomic E-state index is 14.9. The molecule has 0 unspecified atom stereocenters. The average Bonchev–Trinajstić information content (AvgIpc) is 2.82. The molecular weight excluding hydrogens is 531 g/mol. The van der Waals surface area contributed by atoms with Gasteiger partial charge < -0.3 is 4.84 Å². The zero-order valence-corrected chi connectivity index (χ0v) is 23.2. The van der Waals surface area contributed by atoms with Crippen LogP contribution in [0.15, 0.2) is 76.8 Å². The normalized spacial score (nSPS) is 17.0. The average molecular weight is 560 g/mol. The van der Waals surface area contributed by atoms with E-state index in [0.29, 0.717) is 12.1 Å². The van der Waals surface area contributed by atoms with Gasteiger partial charge in [-0.3, -0.25) is 14.3 Å². The molecule has 1 aliphatic heterocycles. The number of hydrogen-bond acceptors (Lipinski definition) is 4. The molecule has 1 aromatic heterocycles. The van der Waals surface area contributed by atoms with Crippen LogP contribution in [0.4, 0.5) is 8.78 Å². The summed E-state index contributed by atoms with van der Waals surface area (Å²) in [5.74, 6) is -1.54. The van der Waals surface area contributed by atoms with Crippen LogP contribution in [-0.4, -0.2) is 39.4 Å². The van der Waals surface area contributed by atoms with Gasteiger partial charge in [-0.15, -0.1) is 0 Å². The molecule has 0 bridgehead atoms. The first-order chi connectivity index (χ1) is 17.9. The quantitative estimate of drug-likeness (QED) is 0.135. The summed E-state index contributed by atoms with van der Waals surface area (Å²) in [4.78, 5) is 20.8. The summed E-state index contributed by atoms with van der Waals surface area (Å²) >= 11 is 12.7. The van der Waals surface area contributed by atoms with Crippen LogP contribution in [0.3, 0.4) is 0 Å². The highest BCUT2D eigenvalue weighted by Gasteiger charge is 2.38. The lowest BCUT2D eigenvalue weighted by Gasteiger charge is -2.49. The van der Waals surface area contributed by atoms with Gasteiger partial charge in [-0.05, 0) is 64.4 Å². The predicted molar refractivity (Wildman–Crippen MR) is 149 cm³/mol. The standard InChI is InChI=1S/C29H29Cl2F2N3O2/c1-28(2)13-6-14-29(3,4)36(28)15-16-38-34-26(21-11-10-20(32)17-24(21)33)19-9-12-25(37)35(18-19)27-22(30)7-5-8-23(27)31/h5-13,17-18H,14-16H2,1-4H3. The molecule has 200 valence electrons. The summed E-state index contributed by atoms with van der Waals surface area (Å²) in [5, 5.41) is 4.80. The highest BCUT2D eigenvalue weighted by molar-refractivity contribution is 6.37. The zero-order valence-electron chi connectivity index (χ0n) is 21.6. The number of pyridine rings is 1. The van der Waals surface area contributed by atoms with E-state index in [1.54, 1.807) is 18.2 Å². The van der Waals surface area contributed by atoms with E-state index in [9.17, 15) is 13.6 Å². The van der Waals surface area contributed by atoms with Gasteiger partial charge in [-0.25, -0.2) is 8.78 Å². The van der Waals surface area contributed by atoms with Crippen LogP contribution in [0.5, 0.6) is 0 Å². The smallest absolute Gasteiger partial charge is 0.255 e. The van der Waals surface area contributed by atoms with Crippen molar-refractivity contribution in [3.63, 3.8) is 0 Å². The summed E-state index contributed by atoms with van der Waals surface area (Å²) in [6.45, 7) is 9.41. The van der Waals surface area contributed by atoms with E-state index in [1.165, 1.54) is 29.0 Å². The second kappa shape index (κ2) is 11.0. The van der Waals surface area contributed by atoms with E-state index in [4.69, 9.17) is 28.0 Å². The Morgan fingerprint density at radius 2 is 1.76 bits per heavy atom. The molecule has 0 aliphatic carbocycles. The van der Waals surface area contributed by atoms with Crippen molar-refractivity contribution in [2.75, 3.05) is 13.2 Å². The van der Waals surface area contributed by atoms with E-state index in [1.807, 2.05) is 0 Å². The van der Waals surface area contributed by atoms with E-state index in [2.05, 4.69) is 49.9 Å². The third kappa shape index (κ3) is 5.85. The summed E-state index contributed by atoms with van der Waals surface area (Å²) < 4.78 is 29.9. The third-order valence-corrected chi connectivity index (χ3v) is 7.29. The number of halogens is 4. The molecule has 2 aromatic carbocycles. The second-order valence-electron chi connectivity index (χ2n) is 10.3. The van der Waals surface area contributed by atoms with E-state index in [0.717, 1.165) is 18.6 Å². The lowest BCUT2D eigenvalue weighted by atomic mass is 9.85. The number of hydrogen-bond donors (Lipinski definition) is 0. The fourth-order valence-corrected chi connectivity index (χ4v) is 5.49. The Balaban J connectivity index is 1.71. The predicted octanol–water partition coefficient (Wildman–Crippen LogP) is 7.01. The van der Waals surface area contributed by atoms with Crippen LogP contribution < -0.4 is 5.56 Å². The minimum Gasteiger partial charge on any atom is -0.394 e. The summed E-state index contributed by atoms with van der Waals surface area (Å²) in [6, 6.07) is 10.9. The van der Waals surface area contributed by atoms with Gasteiger partial charge in [-0.2, -0.15) is 0 Å². The van der Waals surface area contributed by atoms with Crippen LogP contribution in [-0.2, 0) is 4.84 Å². The van der Waals surface area contributed by atoms with Gasteiger partial charge in [0.05, 0.1) is 15.7 Å². The van der Waals surface area contributed by atoms with Crippen molar-refractivity contribution in [3.05, 3.63) is 110 Å². The molecular formula is C29H29Cl2F2N3O2. The number of rotatable bonds is 7. The molecule has 3 aromatic rings. The first-order valence-electron chi connectivity index (χ1n) is 12.2. The maximum absolute atomic E-state index is 14.9. The largest absolute Gasteiger partial charge is 0.394 e. The molecule has 9 heteroatoms. The molecule has 0 amide bonds. The Hall–Kier alpha value is -3.00. The Morgan fingerprint density at radius 1 is 1.05 bits per heavy atom. The fourth-order valence-electron chi connectivity index (χ4n) is 4.91. The van der Waals surface area contributed by atoms with Gasteiger partial charge >= 0.3 is 0 Å². The van der Waals surface area contributed by atoms with Gasteiger partial charge in [0, 0.05) is 47.1 Å².